The fourth-order valence-electron chi connectivity index (χ4n) is 2.58. The van der Waals surface area contributed by atoms with Crippen molar-refractivity contribution >= 4 is 16.7 Å². The summed E-state index contributed by atoms with van der Waals surface area (Å²) in [5, 5.41) is 0.827. The quantitative estimate of drug-likeness (QED) is 0.635. The lowest BCUT2D eigenvalue weighted by Gasteiger charge is -2.18. The zero-order chi connectivity index (χ0) is 14.2. The summed E-state index contributed by atoms with van der Waals surface area (Å²) < 4.78 is 11.3. The van der Waals surface area contributed by atoms with Crippen LogP contribution in [-0.2, 0) is 6.42 Å². The van der Waals surface area contributed by atoms with Crippen LogP contribution >= 0.6 is 0 Å². The maximum Gasteiger partial charge on any atom is 0.343 e. The summed E-state index contributed by atoms with van der Waals surface area (Å²) in [5.74, 6) is 1.39. The van der Waals surface area contributed by atoms with Gasteiger partial charge in [0.25, 0.3) is 0 Å². The third-order valence-electron chi connectivity index (χ3n) is 3.62. The number of allylic oxidation sites excluding steroid dienone is 1. The number of fused-ring (bicyclic) bond motifs is 3. The van der Waals surface area contributed by atoms with Crippen LogP contribution in [0.3, 0.4) is 0 Å². The predicted molar refractivity (Wildman–Crippen MR) is 81.2 cm³/mol. The SMILES string of the molecule is O=c1oc2ccccc2c2c1CC=C(c1ccccc1)O2. The highest BCUT2D eigenvalue weighted by molar-refractivity contribution is 5.86. The van der Waals surface area contributed by atoms with Gasteiger partial charge in [0.2, 0.25) is 0 Å². The van der Waals surface area contributed by atoms with Gasteiger partial charge in [-0.15, -0.1) is 0 Å². The molecule has 102 valence electrons. The topological polar surface area (TPSA) is 39.4 Å². The third-order valence-corrected chi connectivity index (χ3v) is 3.62. The van der Waals surface area contributed by atoms with Gasteiger partial charge in [0, 0.05) is 12.0 Å². The van der Waals surface area contributed by atoms with E-state index >= 15 is 0 Å². The van der Waals surface area contributed by atoms with Crippen molar-refractivity contribution in [2.24, 2.45) is 0 Å². The summed E-state index contributed by atoms with van der Waals surface area (Å²) in [5.41, 5.74) is 1.80. The molecule has 3 aromatic rings. The Morgan fingerprint density at radius 1 is 0.905 bits per heavy atom. The molecule has 0 amide bonds. The highest BCUT2D eigenvalue weighted by Crippen LogP contribution is 2.34. The molecular weight excluding hydrogens is 264 g/mol. The van der Waals surface area contributed by atoms with Crippen LogP contribution in [0.15, 0.2) is 69.9 Å². The van der Waals surface area contributed by atoms with Gasteiger partial charge >= 0.3 is 5.63 Å². The molecule has 0 radical (unpaired) electrons. The van der Waals surface area contributed by atoms with E-state index in [9.17, 15) is 4.79 Å². The third kappa shape index (κ3) is 1.94. The molecule has 1 aromatic heterocycles. The highest BCUT2D eigenvalue weighted by Gasteiger charge is 2.21. The molecule has 0 bridgehead atoms. The molecule has 0 spiro atoms. The lowest BCUT2D eigenvalue weighted by atomic mass is 10.0. The second-order valence-electron chi connectivity index (χ2n) is 4.93. The second-order valence-corrected chi connectivity index (χ2v) is 4.93. The van der Waals surface area contributed by atoms with E-state index in [0.29, 0.717) is 23.3 Å². The Hall–Kier alpha value is -2.81. The van der Waals surface area contributed by atoms with Crippen LogP contribution in [0, 0.1) is 0 Å². The number of hydrogen-bond acceptors (Lipinski definition) is 3. The Balaban J connectivity index is 1.90. The Morgan fingerprint density at radius 2 is 1.67 bits per heavy atom. The Labute approximate surface area is 121 Å². The summed E-state index contributed by atoms with van der Waals surface area (Å²) in [7, 11) is 0. The first-order chi connectivity index (χ1) is 10.3. The lowest BCUT2D eigenvalue weighted by molar-refractivity contribution is 0.479. The number of para-hydroxylation sites is 1. The van der Waals surface area contributed by atoms with Crippen LogP contribution in [0.5, 0.6) is 5.75 Å². The van der Waals surface area contributed by atoms with Crippen LogP contribution in [0.1, 0.15) is 11.1 Å². The van der Waals surface area contributed by atoms with Crippen molar-refractivity contribution in [3.8, 4) is 5.75 Å². The van der Waals surface area contributed by atoms with Crippen molar-refractivity contribution in [1.82, 2.24) is 0 Å². The van der Waals surface area contributed by atoms with Gasteiger partial charge in [0.05, 0.1) is 10.9 Å². The van der Waals surface area contributed by atoms with Crippen LogP contribution in [0.4, 0.5) is 0 Å². The van der Waals surface area contributed by atoms with Gasteiger partial charge in [0.15, 0.2) is 0 Å². The first-order valence-corrected chi connectivity index (χ1v) is 6.81. The van der Waals surface area contributed by atoms with E-state index in [4.69, 9.17) is 9.15 Å². The first kappa shape index (κ1) is 12.0. The normalized spacial score (nSPS) is 13.4. The number of hydrogen-bond donors (Lipinski definition) is 0. The number of ether oxygens (including phenoxy) is 1. The summed E-state index contributed by atoms with van der Waals surface area (Å²) in [6, 6.07) is 17.3. The van der Waals surface area contributed by atoms with Crippen molar-refractivity contribution in [1.29, 1.82) is 0 Å². The molecule has 0 aliphatic carbocycles. The molecule has 4 rings (SSSR count). The molecule has 0 atom stereocenters. The molecule has 0 fully saturated rings. The molecule has 1 aliphatic rings. The average molecular weight is 276 g/mol. The summed E-state index contributed by atoms with van der Waals surface area (Å²) in [6.45, 7) is 0. The van der Waals surface area contributed by atoms with Gasteiger partial charge in [-0.3, -0.25) is 0 Å². The molecule has 0 saturated heterocycles. The Morgan fingerprint density at radius 3 is 2.52 bits per heavy atom. The van der Waals surface area contributed by atoms with E-state index in [1.807, 2.05) is 54.6 Å². The van der Waals surface area contributed by atoms with E-state index in [0.717, 1.165) is 16.7 Å². The largest absolute Gasteiger partial charge is 0.456 e. The number of benzene rings is 2. The van der Waals surface area contributed by atoms with E-state index in [1.54, 1.807) is 6.07 Å². The van der Waals surface area contributed by atoms with Gasteiger partial charge in [-0.05, 0) is 18.2 Å². The maximum atomic E-state index is 12.0. The summed E-state index contributed by atoms with van der Waals surface area (Å²) >= 11 is 0. The minimum atomic E-state index is -0.327. The van der Waals surface area contributed by atoms with E-state index in [1.165, 1.54) is 0 Å². The van der Waals surface area contributed by atoms with Gasteiger partial charge < -0.3 is 9.15 Å². The van der Waals surface area contributed by atoms with E-state index < -0.39 is 0 Å². The zero-order valence-corrected chi connectivity index (χ0v) is 11.2. The van der Waals surface area contributed by atoms with Gasteiger partial charge in [-0.2, -0.15) is 0 Å². The molecule has 0 unspecified atom stereocenters. The maximum absolute atomic E-state index is 12.0. The fraction of sp³-hybridized carbons (Fsp3) is 0.0556. The van der Waals surface area contributed by atoms with Gasteiger partial charge in [-0.1, -0.05) is 42.5 Å². The van der Waals surface area contributed by atoms with Crippen molar-refractivity contribution in [2.75, 3.05) is 0 Å². The summed E-state index contributed by atoms with van der Waals surface area (Å²) in [4.78, 5) is 12.0. The second kappa shape index (κ2) is 4.63. The molecule has 3 heteroatoms. The molecule has 1 aliphatic heterocycles. The smallest absolute Gasteiger partial charge is 0.343 e. The Bertz CT molecular complexity index is 905. The standard InChI is InChI=1S/C18H12O3/c19-18-14-10-11-15(12-6-2-1-3-7-12)20-17(14)13-8-4-5-9-16(13)21-18/h1-9,11H,10H2. The lowest BCUT2D eigenvalue weighted by Crippen LogP contribution is -2.14. The highest BCUT2D eigenvalue weighted by atomic mass is 16.5. The molecule has 0 N–H and O–H groups in total. The van der Waals surface area contributed by atoms with E-state index in [2.05, 4.69) is 0 Å². The minimum absolute atomic E-state index is 0.327. The molecule has 2 aromatic carbocycles. The molecule has 21 heavy (non-hydrogen) atoms. The van der Waals surface area contributed by atoms with Crippen molar-refractivity contribution in [3.63, 3.8) is 0 Å². The van der Waals surface area contributed by atoms with Crippen molar-refractivity contribution < 1.29 is 9.15 Å². The van der Waals surface area contributed by atoms with Crippen molar-refractivity contribution in [2.45, 2.75) is 6.42 Å². The van der Waals surface area contributed by atoms with Crippen LogP contribution in [0.2, 0.25) is 0 Å². The van der Waals surface area contributed by atoms with Crippen LogP contribution in [-0.4, -0.2) is 0 Å². The molecular formula is C18H12O3. The minimum Gasteiger partial charge on any atom is -0.456 e. The molecule has 0 saturated carbocycles. The Kier molecular flexibility index (Phi) is 2.64. The molecule has 2 heterocycles. The monoisotopic (exact) mass is 276 g/mol. The molecule has 3 nitrogen and oxygen atoms in total. The average Bonchev–Trinajstić information content (AvgIpc) is 2.55. The predicted octanol–water partition coefficient (Wildman–Crippen LogP) is 3.77. The van der Waals surface area contributed by atoms with Gasteiger partial charge in [-0.25, -0.2) is 4.79 Å². The van der Waals surface area contributed by atoms with Gasteiger partial charge in [0.1, 0.15) is 17.1 Å². The van der Waals surface area contributed by atoms with Crippen molar-refractivity contribution in [3.05, 3.63) is 82.2 Å². The van der Waals surface area contributed by atoms with Crippen LogP contribution in [0.25, 0.3) is 16.7 Å². The van der Waals surface area contributed by atoms with Crippen LogP contribution < -0.4 is 10.4 Å². The fourth-order valence-corrected chi connectivity index (χ4v) is 2.58. The van der Waals surface area contributed by atoms with E-state index in [-0.39, 0.29) is 5.63 Å². The first-order valence-electron chi connectivity index (χ1n) is 6.81. The zero-order valence-electron chi connectivity index (χ0n) is 11.2. The number of rotatable bonds is 1. The summed E-state index contributed by atoms with van der Waals surface area (Å²) in [6.07, 6.45) is 2.44.